The number of aromatic nitrogens is 4. The molecule has 2 aromatic rings. The van der Waals surface area contributed by atoms with Gasteiger partial charge in [-0.3, -0.25) is 0 Å². The summed E-state index contributed by atoms with van der Waals surface area (Å²) in [4.78, 5) is 0. The van der Waals surface area contributed by atoms with Gasteiger partial charge in [0.05, 0.1) is 6.04 Å². The first-order valence-corrected chi connectivity index (χ1v) is 7.29. The van der Waals surface area contributed by atoms with E-state index in [0.717, 1.165) is 29.4 Å². The van der Waals surface area contributed by atoms with E-state index in [2.05, 4.69) is 29.4 Å². The van der Waals surface area contributed by atoms with Gasteiger partial charge in [0.1, 0.15) is 0 Å². The summed E-state index contributed by atoms with van der Waals surface area (Å²) in [7, 11) is 0. The maximum Gasteiger partial charge on any atom is 0.182 e. The molecule has 3 unspecified atom stereocenters. The highest BCUT2D eigenvalue weighted by Crippen LogP contribution is 2.37. The van der Waals surface area contributed by atoms with Gasteiger partial charge >= 0.3 is 0 Å². The summed E-state index contributed by atoms with van der Waals surface area (Å²) in [5, 5.41) is 12.3. The topological polar surface area (TPSA) is 69.6 Å². The fourth-order valence-corrected chi connectivity index (χ4v) is 3.25. The van der Waals surface area contributed by atoms with E-state index in [0.29, 0.717) is 12.0 Å². The van der Waals surface area contributed by atoms with Crippen LogP contribution in [-0.4, -0.2) is 20.2 Å². The second-order valence-corrected chi connectivity index (χ2v) is 6.03. The zero-order chi connectivity index (χ0) is 14.1. The van der Waals surface area contributed by atoms with Crippen molar-refractivity contribution in [3.63, 3.8) is 0 Å². The van der Waals surface area contributed by atoms with Crippen molar-refractivity contribution < 1.29 is 0 Å². The minimum atomic E-state index is 0.397. The fourth-order valence-electron chi connectivity index (χ4n) is 3.25. The lowest BCUT2D eigenvalue weighted by Crippen LogP contribution is -2.26. The van der Waals surface area contributed by atoms with Crippen LogP contribution in [0.4, 0.5) is 5.69 Å². The van der Waals surface area contributed by atoms with Crippen molar-refractivity contribution >= 4 is 5.69 Å². The quantitative estimate of drug-likeness (QED) is 0.853. The van der Waals surface area contributed by atoms with Gasteiger partial charge < -0.3 is 5.73 Å². The van der Waals surface area contributed by atoms with Crippen molar-refractivity contribution in [3.8, 4) is 11.4 Å². The number of rotatable bonds is 2. The van der Waals surface area contributed by atoms with Gasteiger partial charge in [-0.15, -0.1) is 5.10 Å². The number of hydrogen-bond acceptors (Lipinski definition) is 4. The van der Waals surface area contributed by atoms with Gasteiger partial charge in [0.25, 0.3) is 0 Å². The van der Waals surface area contributed by atoms with Crippen LogP contribution in [-0.2, 0) is 0 Å². The first-order chi connectivity index (χ1) is 9.65. The number of nitrogen functional groups attached to an aromatic ring is 1. The molecule has 5 heteroatoms. The standard InChI is InChI=1S/C15H21N5/c1-10-3-8-14(11(2)9-10)20-15(17-18-19-20)12-4-6-13(16)7-5-12/h4-7,10-11,14H,3,8-9,16H2,1-2H3. The Balaban J connectivity index is 1.92. The molecule has 1 saturated carbocycles. The number of tetrazole rings is 1. The van der Waals surface area contributed by atoms with E-state index in [1.54, 1.807) is 0 Å². The van der Waals surface area contributed by atoms with Gasteiger partial charge in [-0.25, -0.2) is 4.68 Å². The number of nitrogens with zero attached hydrogens (tertiary/aromatic N) is 4. The average molecular weight is 271 g/mol. The molecule has 1 heterocycles. The third kappa shape index (κ3) is 2.40. The Morgan fingerprint density at radius 1 is 1.15 bits per heavy atom. The molecule has 0 spiro atoms. The van der Waals surface area contributed by atoms with Crippen LogP contribution in [0.1, 0.15) is 39.2 Å². The van der Waals surface area contributed by atoms with Crippen LogP contribution in [0.3, 0.4) is 0 Å². The molecule has 0 bridgehead atoms. The van der Waals surface area contributed by atoms with Crippen LogP contribution in [0.15, 0.2) is 24.3 Å². The van der Waals surface area contributed by atoms with Crippen LogP contribution in [0.5, 0.6) is 0 Å². The minimum Gasteiger partial charge on any atom is -0.399 e. The molecule has 3 atom stereocenters. The third-order valence-corrected chi connectivity index (χ3v) is 4.36. The average Bonchev–Trinajstić information content (AvgIpc) is 2.88. The SMILES string of the molecule is CC1CCC(n2nnnc2-c2ccc(N)cc2)C(C)C1. The molecule has 3 rings (SSSR count). The molecule has 1 aliphatic rings. The third-order valence-electron chi connectivity index (χ3n) is 4.36. The van der Waals surface area contributed by atoms with Gasteiger partial charge in [0, 0.05) is 11.3 Å². The summed E-state index contributed by atoms with van der Waals surface area (Å²) in [6, 6.07) is 8.14. The first-order valence-electron chi connectivity index (χ1n) is 7.29. The largest absolute Gasteiger partial charge is 0.399 e. The smallest absolute Gasteiger partial charge is 0.182 e. The molecular formula is C15H21N5. The lowest BCUT2D eigenvalue weighted by atomic mass is 9.80. The normalized spacial score (nSPS) is 26.6. The lowest BCUT2D eigenvalue weighted by Gasteiger charge is -2.32. The van der Waals surface area contributed by atoms with Crippen molar-refractivity contribution in [1.29, 1.82) is 0 Å². The van der Waals surface area contributed by atoms with Crippen molar-refractivity contribution in [1.82, 2.24) is 20.2 Å². The molecule has 1 aromatic carbocycles. The second kappa shape index (κ2) is 5.23. The van der Waals surface area contributed by atoms with Gasteiger partial charge in [-0.2, -0.15) is 0 Å². The Kier molecular flexibility index (Phi) is 3.42. The van der Waals surface area contributed by atoms with Crippen molar-refractivity contribution in [2.75, 3.05) is 5.73 Å². The molecule has 0 radical (unpaired) electrons. The maximum atomic E-state index is 5.74. The predicted octanol–water partition coefficient (Wildman–Crippen LogP) is 2.92. The first kappa shape index (κ1) is 13.1. The Morgan fingerprint density at radius 2 is 1.90 bits per heavy atom. The number of hydrogen-bond donors (Lipinski definition) is 1. The maximum absolute atomic E-state index is 5.74. The minimum absolute atomic E-state index is 0.397. The summed E-state index contributed by atoms with van der Waals surface area (Å²) in [6.07, 6.45) is 3.64. The zero-order valence-electron chi connectivity index (χ0n) is 12.0. The summed E-state index contributed by atoms with van der Waals surface area (Å²) in [5.74, 6) is 2.25. The summed E-state index contributed by atoms with van der Waals surface area (Å²) in [5.41, 5.74) is 7.52. The monoisotopic (exact) mass is 271 g/mol. The summed E-state index contributed by atoms with van der Waals surface area (Å²) < 4.78 is 2.00. The molecule has 0 saturated heterocycles. The molecule has 2 N–H and O–H groups in total. The predicted molar refractivity (Wildman–Crippen MR) is 78.9 cm³/mol. The Bertz CT molecular complexity index is 574. The molecule has 106 valence electrons. The van der Waals surface area contributed by atoms with E-state index in [4.69, 9.17) is 5.73 Å². The molecule has 1 aliphatic carbocycles. The molecule has 1 fully saturated rings. The molecule has 0 aliphatic heterocycles. The summed E-state index contributed by atoms with van der Waals surface area (Å²) in [6.45, 7) is 4.63. The zero-order valence-corrected chi connectivity index (χ0v) is 12.0. The van der Waals surface area contributed by atoms with Crippen LogP contribution in [0.25, 0.3) is 11.4 Å². The van der Waals surface area contributed by atoms with Gasteiger partial charge in [-0.1, -0.05) is 13.8 Å². The molecule has 1 aromatic heterocycles. The van der Waals surface area contributed by atoms with E-state index >= 15 is 0 Å². The van der Waals surface area contributed by atoms with Gasteiger partial charge in [-0.05, 0) is 65.8 Å². The fraction of sp³-hybridized carbons (Fsp3) is 0.533. The highest BCUT2D eigenvalue weighted by molar-refractivity contribution is 5.58. The number of anilines is 1. The van der Waals surface area contributed by atoms with E-state index in [1.165, 1.54) is 12.8 Å². The Labute approximate surface area is 119 Å². The van der Waals surface area contributed by atoms with E-state index in [9.17, 15) is 0 Å². The van der Waals surface area contributed by atoms with Crippen LogP contribution in [0, 0.1) is 11.8 Å². The lowest BCUT2D eigenvalue weighted by molar-refractivity contribution is 0.194. The second-order valence-electron chi connectivity index (χ2n) is 6.03. The van der Waals surface area contributed by atoms with E-state index < -0.39 is 0 Å². The van der Waals surface area contributed by atoms with Gasteiger partial charge in [0.15, 0.2) is 5.82 Å². The van der Waals surface area contributed by atoms with Crippen LogP contribution >= 0.6 is 0 Å². The number of nitrogens with two attached hydrogens (primary N) is 1. The van der Waals surface area contributed by atoms with E-state index in [-0.39, 0.29) is 0 Å². The van der Waals surface area contributed by atoms with Crippen LogP contribution in [0.2, 0.25) is 0 Å². The van der Waals surface area contributed by atoms with Gasteiger partial charge in [0.2, 0.25) is 0 Å². The molecular weight excluding hydrogens is 250 g/mol. The molecule has 0 amide bonds. The molecule has 5 nitrogen and oxygen atoms in total. The van der Waals surface area contributed by atoms with Crippen LogP contribution < -0.4 is 5.73 Å². The van der Waals surface area contributed by atoms with E-state index in [1.807, 2.05) is 28.9 Å². The summed E-state index contributed by atoms with van der Waals surface area (Å²) >= 11 is 0. The number of benzene rings is 1. The Hall–Kier alpha value is -1.91. The van der Waals surface area contributed by atoms with Crippen molar-refractivity contribution in [2.45, 2.75) is 39.2 Å². The highest BCUT2D eigenvalue weighted by atomic mass is 15.5. The van der Waals surface area contributed by atoms with Crippen molar-refractivity contribution in [2.24, 2.45) is 11.8 Å². The van der Waals surface area contributed by atoms with Crippen molar-refractivity contribution in [3.05, 3.63) is 24.3 Å². The Morgan fingerprint density at radius 3 is 2.60 bits per heavy atom. The molecule has 20 heavy (non-hydrogen) atoms. The highest BCUT2D eigenvalue weighted by Gasteiger charge is 2.29.